The van der Waals surface area contributed by atoms with E-state index in [4.69, 9.17) is 5.21 Å². The second-order valence-electron chi connectivity index (χ2n) is 3.43. The van der Waals surface area contributed by atoms with Gasteiger partial charge >= 0.3 is 0 Å². The molecule has 1 aliphatic carbocycles. The smallest absolute Gasteiger partial charge is 0.0570 e. The summed E-state index contributed by atoms with van der Waals surface area (Å²) in [5.74, 6) is 0.558. The summed E-state index contributed by atoms with van der Waals surface area (Å²) in [6.07, 6.45) is 7.76. The van der Waals surface area contributed by atoms with E-state index in [0.29, 0.717) is 5.92 Å². The molecule has 0 aromatic heterocycles. The van der Waals surface area contributed by atoms with Gasteiger partial charge in [-0.2, -0.15) is 0 Å². The molecule has 1 fully saturated rings. The average molecular weight is 155 g/mol. The molecule has 1 aliphatic rings. The van der Waals surface area contributed by atoms with Crippen LogP contribution >= 0.6 is 0 Å². The fourth-order valence-corrected chi connectivity index (χ4v) is 1.78. The topological polar surface area (TPSA) is 32.6 Å². The summed E-state index contributed by atoms with van der Waals surface area (Å²) < 4.78 is 0. The molecule has 1 saturated carbocycles. The van der Waals surface area contributed by atoms with Gasteiger partial charge in [0.2, 0.25) is 0 Å². The van der Waals surface area contributed by atoms with Crippen LogP contribution in [0.3, 0.4) is 0 Å². The van der Waals surface area contributed by atoms with Gasteiger partial charge < -0.3 is 5.21 Å². The van der Waals surface area contributed by atoms with Gasteiger partial charge in [0, 0.05) is 5.92 Å². The van der Waals surface area contributed by atoms with Gasteiger partial charge in [-0.15, -0.1) is 0 Å². The van der Waals surface area contributed by atoms with Gasteiger partial charge in [0.25, 0.3) is 0 Å². The van der Waals surface area contributed by atoms with Crippen molar-refractivity contribution in [2.24, 2.45) is 11.1 Å². The van der Waals surface area contributed by atoms with Gasteiger partial charge in [0.15, 0.2) is 0 Å². The molecule has 64 valence electrons. The summed E-state index contributed by atoms with van der Waals surface area (Å²) in [4.78, 5) is 0. The third-order valence-corrected chi connectivity index (χ3v) is 2.60. The van der Waals surface area contributed by atoms with Crippen LogP contribution in [0.4, 0.5) is 0 Å². The molecule has 1 rings (SSSR count). The zero-order chi connectivity index (χ0) is 8.10. The van der Waals surface area contributed by atoms with E-state index in [1.165, 1.54) is 38.5 Å². The van der Waals surface area contributed by atoms with Crippen LogP contribution in [0.2, 0.25) is 0 Å². The van der Waals surface area contributed by atoms with E-state index in [1.54, 1.807) is 0 Å². The molecule has 0 spiro atoms. The number of hydrogen-bond donors (Lipinski definition) is 1. The summed E-state index contributed by atoms with van der Waals surface area (Å²) in [6, 6.07) is 0. The van der Waals surface area contributed by atoms with Gasteiger partial charge in [-0.1, -0.05) is 30.8 Å². The number of oxime groups is 1. The molecule has 0 radical (unpaired) electrons. The predicted molar refractivity (Wildman–Crippen MR) is 46.1 cm³/mol. The van der Waals surface area contributed by atoms with Crippen LogP contribution in [0.1, 0.15) is 45.4 Å². The maximum Gasteiger partial charge on any atom is 0.0570 e. The van der Waals surface area contributed by atoms with Crippen molar-refractivity contribution >= 4 is 5.71 Å². The third kappa shape index (κ3) is 2.52. The van der Waals surface area contributed by atoms with Crippen LogP contribution in [0.25, 0.3) is 0 Å². The van der Waals surface area contributed by atoms with E-state index in [0.717, 1.165) is 5.71 Å². The van der Waals surface area contributed by atoms with Gasteiger partial charge in [-0.05, 0) is 19.8 Å². The molecule has 0 saturated heterocycles. The number of rotatable bonds is 1. The minimum Gasteiger partial charge on any atom is -0.411 e. The van der Waals surface area contributed by atoms with Gasteiger partial charge in [0.1, 0.15) is 0 Å². The molecule has 0 aromatic rings. The van der Waals surface area contributed by atoms with Crippen molar-refractivity contribution in [1.82, 2.24) is 0 Å². The first-order chi connectivity index (χ1) is 5.34. The standard InChI is InChI=1S/C9H17NO/c1-8(10-11)9-6-4-2-3-5-7-9/h9,11H,2-7H2,1H3. The highest BCUT2D eigenvalue weighted by Gasteiger charge is 2.14. The highest BCUT2D eigenvalue weighted by molar-refractivity contribution is 5.83. The highest BCUT2D eigenvalue weighted by Crippen LogP contribution is 2.23. The monoisotopic (exact) mass is 155 g/mol. The molecule has 0 unspecified atom stereocenters. The normalized spacial score (nSPS) is 23.2. The lowest BCUT2D eigenvalue weighted by Gasteiger charge is -2.10. The van der Waals surface area contributed by atoms with Gasteiger partial charge in [0.05, 0.1) is 5.71 Å². The summed E-state index contributed by atoms with van der Waals surface area (Å²) in [5.41, 5.74) is 0.923. The quantitative estimate of drug-likeness (QED) is 0.268. The first-order valence-electron chi connectivity index (χ1n) is 4.53. The molecule has 2 nitrogen and oxygen atoms in total. The Hall–Kier alpha value is -0.530. The van der Waals surface area contributed by atoms with Crippen LogP contribution in [0.15, 0.2) is 5.16 Å². The molecule has 0 aliphatic heterocycles. The Morgan fingerprint density at radius 2 is 1.73 bits per heavy atom. The molecule has 2 heteroatoms. The molecule has 0 bridgehead atoms. The van der Waals surface area contributed by atoms with E-state index in [2.05, 4.69) is 5.16 Å². The van der Waals surface area contributed by atoms with Gasteiger partial charge in [-0.3, -0.25) is 0 Å². The Kier molecular flexibility index (Phi) is 3.40. The van der Waals surface area contributed by atoms with Crippen molar-refractivity contribution < 1.29 is 5.21 Å². The first-order valence-corrected chi connectivity index (χ1v) is 4.53. The Balaban J connectivity index is 2.42. The van der Waals surface area contributed by atoms with Crippen molar-refractivity contribution in [1.29, 1.82) is 0 Å². The zero-order valence-corrected chi connectivity index (χ0v) is 7.21. The van der Waals surface area contributed by atoms with Crippen molar-refractivity contribution in [2.45, 2.75) is 45.4 Å². The second-order valence-corrected chi connectivity index (χ2v) is 3.43. The summed E-state index contributed by atoms with van der Waals surface area (Å²) >= 11 is 0. The molecule has 0 heterocycles. The Bertz CT molecular complexity index is 134. The molecule has 0 atom stereocenters. The molecular weight excluding hydrogens is 138 g/mol. The third-order valence-electron chi connectivity index (χ3n) is 2.60. The maximum atomic E-state index is 8.57. The lowest BCUT2D eigenvalue weighted by molar-refractivity contribution is 0.313. The number of hydrogen-bond acceptors (Lipinski definition) is 2. The number of nitrogens with zero attached hydrogens (tertiary/aromatic N) is 1. The highest BCUT2D eigenvalue weighted by atomic mass is 16.4. The predicted octanol–water partition coefficient (Wildman–Crippen LogP) is 2.81. The van der Waals surface area contributed by atoms with Crippen molar-refractivity contribution in [3.63, 3.8) is 0 Å². The van der Waals surface area contributed by atoms with E-state index in [-0.39, 0.29) is 0 Å². The minimum absolute atomic E-state index is 0.558. The second kappa shape index (κ2) is 4.37. The van der Waals surface area contributed by atoms with E-state index in [1.807, 2.05) is 6.92 Å². The average Bonchev–Trinajstić information content (AvgIpc) is 2.30. The Morgan fingerprint density at radius 1 is 1.18 bits per heavy atom. The van der Waals surface area contributed by atoms with Crippen LogP contribution in [0, 0.1) is 5.92 Å². The maximum absolute atomic E-state index is 8.57. The van der Waals surface area contributed by atoms with E-state index < -0.39 is 0 Å². The van der Waals surface area contributed by atoms with Crippen LogP contribution < -0.4 is 0 Å². The Morgan fingerprint density at radius 3 is 2.18 bits per heavy atom. The van der Waals surface area contributed by atoms with Crippen LogP contribution in [-0.2, 0) is 0 Å². The molecule has 0 aromatic carbocycles. The van der Waals surface area contributed by atoms with Crippen LogP contribution in [0.5, 0.6) is 0 Å². The molecule has 1 N–H and O–H groups in total. The molecular formula is C9H17NO. The zero-order valence-electron chi connectivity index (χ0n) is 7.21. The van der Waals surface area contributed by atoms with Crippen molar-refractivity contribution in [2.75, 3.05) is 0 Å². The van der Waals surface area contributed by atoms with Crippen LogP contribution in [-0.4, -0.2) is 10.9 Å². The molecule has 11 heavy (non-hydrogen) atoms. The van der Waals surface area contributed by atoms with Crippen molar-refractivity contribution in [3.05, 3.63) is 0 Å². The van der Waals surface area contributed by atoms with E-state index >= 15 is 0 Å². The first kappa shape index (κ1) is 8.57. The van der Waals surface area contributed by atoms with Gasteiger partial charge in [-0.25, -0.2) is 0 Å². The summed E-state index contributed by atoms with van der Waals surface area (Å²) in [5, 5.41) is 11.8. The fourth-order valence-electron chi connectivity index (χ4n) is 1.78. The van der Waals surface area contributed by atoms with E-state index in [9.17, 15) is 0 Å². The Labute approximate surface area is 68.3 Å². The summed E-state index contributed by atoms with van der Waals surface area (Å²) in [6.45, 7) is 1.93. The summed E-state index contributed by atoms with van der Waals surface area (Å²) in [7, 11) is 0. The molecule has 0 amide bonds. The fraction of sp³-hybridized carbons (Fsp3) is 0.889. The lowest BCUT2D eigenvalue weighted by Crippen LogP contribution is -2.09. The lowest BCUT2D eigenvalue weighted by atomic mass is 9.96. The largest absolute Gasteiger partial charge is 0.411 e. The SMILES string of the molecule is CC(=NO)C1CCCCCC1. The minimum atomic E-state index is 0.558. The van der Waals surface area contributed by atoms with Crippen molar-refractivity contribution in [3.8, 4) is 0 Å².